The highest BCUT2D eigenvalue weighted by molar-refractivity contribution is 5.94. The van der Waals surface area contributed by atoms with Gasteiger partial charge < -0.3 is 9.73 Å². The minimum Gasteiger partial charge on any atom is -0.468 e. The molecule has 22 heavy (non-hydrogen) atoms. The van der Waals surface area contributed by atoms with Gasteiger partial charge in [-0.2, -0.15) is 0 Å². The number of hydrogen-bond donors (Lipinski definition) is 1. The Morgan fingerprint density at radius 1 is 1.18 bits per heavy atom. The van der Waals surface area contributed by atoms with Crippen LogP contribution in [0.3, 0.4) is 0 Å². The highest BCUT2D eigenvalue weighted by atomic mass is 16.3. The van der Waals surface area contributed by atoms with Crippen LogP contribution in [0.2, 0.25) is 0 Å². The summed E-state index contributed by atoms with van der Waals surface area (Å²) in [6.45, 7) is 6.80. The summed E-state index contributed by atoms with van der Waals surface area (Å²) in [5.41, 5.74) is 2.09. The van der Waals surface area contributed by atoms with Crippen LogP contribution in [0.15, 0.2) is 47.1 Å². The lowest BCUT2D eigenvalue weighted by Crippen LogP contribution is -2.39. The van der Waals surface area contributed by atoms with Crippen LogP contribution >= 0.6 is 0 Å². The Morgan fingerprint density at radius 2 is 1.86 bits per heavy atom. The van der Waals surface area contributed by atoms with Crippen molar-refractivity contribution in [2.24, 2.45) is 0 Å². The third-order valence-electron chi connectivity index (χ3n) is 3.87. The second-order valence-electron chi connectivity index (χ2n) is 5.94. The predicted molar refractivity (Wildman–Crippen MR) is 88.8 cm³/mol. The van der Waals surface area contributed by atoms with E-state index >= 15 is 0 Å². The van der Waals surface area contributed by atoms with Crippen molar-refractivity contribution in [3.63, 3.8) is 0 Å². The Bertz CT molecular complexity index is 588. The van der Waals surface area contributed by atoms with Crippen LogP contribution in [0.25, 0.3) is 0 Å². The third kappa shape index (κ3) is 4.21. The van der Waals surface area contributed by atoms with Crippen LogP contribution in [-0.4, -0.2) is 23.9 Å². The fourth-order valence-corrected chi connectivity index (χ4v) is 2.18. The van der Waals surface area contributed by atoms with Gasteiger partial charge in [0.05, 0.1) is 18.8 Å². The average Bonchev–Trinajstić information content (AvgIpc) is 2.99. The Kier molecular flexibility index (Phi) is 5.39. The van der Waals surface area contributed by atoms with E-state index in [1.54, 1.807) is 6.26 Å². The zero-order valence-electron chi connectivity index (χ0n) is 13.7. The van der Waals surface area contributed by atoms with Gasteiger partial charge in [-0.05, 0) is 49.7 Å². The van der Waals surface area contributed by atoms with E-state index in [4.69, 9.17) is 4.42 Å². The van der Waals surface area contributed by atoms with Crippen molar-refractivity contribution in [3.8, 4) is 0 Å². The fourth-order valence-electron chi connectivity index (χ4n) is 2.18. The molecule has 4 nitrogen and oxygen atoms in total. The smallest absolute Gasteiger partial charge is 0.241 e. The molecule has 2 aromatic rings. The lowest BCUT2D eigenvalue weighted by atomic mass is 10.0. The van der Waals surface area contributed by atoms with Gasteiger partial charge >= 0.3 is 0 Å². The summed E-state index contributed by atoms with van der Waals surface area (Å²) in [5, 5.41) is 2.96. The maximum absolute atomic E-state index is 12.3. The van der Waals surface area contributed by atoms with Gasteiger partial charge in [-0.1, -0.05) is 26.0 Å². The van der Waals surface area contributed by atoms with Crippen LogP contribution in [0.4, 0.5) is 5.69 Å². The first kappa shape index (κ1) is 16.3. The normalized spacial score (nSPS) is 12.6. The lowest BCUT2D eigenvalue weighted by molar-refractivity contribution is -0.120. The number of likely N-dealkylation sites (N-methyl/N-ethyl adjacent to an activating group) is 1. The highest BCUT2D eigenvalue weighted by Crippen LogP contribution is 2.17. The van der Waals surface area contributed by atoms with Gasteiger partial charge in [0.15, 0.2) is 0 Å². The van der Waals surface area contributed by atoms with Gasteiger partial charge in [-0.15, -0.1) is 0 Å². The van der Waals surface area contributed by atoms with Crippen molar-refractivity contribution < 1.29 is 9.21 Å². The molecule has 1 heterocycles. The molecule has 0 aliphatic heterocycles. The zero-order chi connectivity index (χ0) is 16.1. The van der Waals surface area contributed by atoms with Gasteiger partial charge in [0.25, 0.3) is 0 Å². The lowest BCUT2D eigenvalue weighted by Gasteiger charge is -2.23. The van der Waals surface area contributed by atoms with Crippen LogP contribution in [0.1, 0.15) is 38.0 Å². The largest absolute Gasteiger partial charge is 0.468 e. The number of benzene rings is 1. The summed E-state index contributed by atoms with van der Waals surface area (Å²) >= 11 is 0. The minimum absolute atomic E-state index is 0.0219. The van der Waals surface area contributed by atoms with Gasteiger partial charge in [0.1, 0.15) is 5.76 Å². The molecule has 0 saturated carbocycles. The molecule has 2 rings (SSSR count). The third-order valence-corrected chi connectivity index (χ3v) is 3.87. The van der Waals surface area contributed by atoms with E-state index in [0.29, 0.717) is 12.5 Å². The fraction of sp³-hybridized carbons (Fsp3) is 0.389. The van der Waals surface area contributed by atoms with E-state index in [2.05, 4.69) is 31.3 Å². The number of rotatable bonds is 6. The van der Waals surface area contributed by atoms with Gasteiger partial charge in [-0.25, -0.2) is 0 Å². The maximum Gasteiger partial charge on any atom is 0.241 e. The zero-order valence-corrected chi connectivity index (χ0v) is 13.7. The van der Waals surface area contributed by atoms with E-state index in [9.17, 15) is 4.79 Å². The number of hydrogen-bond acceptors (Lipinski definition) is 3. The van der Waals surface area contributed by atoms with E-state index in [0.717, 1.165) is 11.4 Å². The summed E-state index contributed by atoms with van der Waals surface area (Å²) in [7, 11) is 1.91. The Morgan fingerprint density at radius 3 is 2.41 bits per heavy atom. The monoisotopic (exact) mass is 300 g/mol. The molecule has 0 spiro atoms. The summed E-state index contributed by atoms with van der Waals surface area (Å²) in [5.74, 6) is 1.32. The van der Waals surface area contributed by atoms with Crippen LogP contribution < -0.4 is 5.32 Å². The van der Waals surface area contributed by atoms with Crippen molar-refractivity contribution in [2.45, 2.75) is 39.3 Å². The van der Waals surface area contributed by atoms with E-state index < -0.39 is 0 Å². The molecule has 0 radical (unpaired) electrons. The first-order valence-corrected chi connectivity index (χ1v) is 7.61. The van der Waals surface area contributed by atoms with E-state index in [1.807, 2.05) is 43.1 Å². The van der Waals surface area contributed by atoms with Gasteiger partial charge in [-0.3, -0.25) is 9.69 Å². The molecule has 0 fully saturated rings. The first-order valence-electron chi connectivity index (χ1n) is 7.61. The topological polar surface area (TPSA) is 45.5 Å². The predicted octanol–water partition coefficient (Wildman–Crippen LogP) is 3.86. The van der Waals surface area contributed by atoms with Crippen LogP contribution in [0, 0.1) is 0 Å². The highest BCUT2D eigenvalue weighted by Gasteiger charge is 2.19. The molecule has 4 heteroatoms. The molecule has 0 unspecified atom stereocenters. The molecule has 1 amide bonds. The number of amides is 1. The number of nitrogens with zero attached hydrogens (tertiary/aromatic N) is 1. The molecule has 0 bridgehead atoms. The second kappa shape index (κ2) is 7.27. The number of carbonyl (C=O) groups excluding carboxylic acids is 1. The quantitative estimate of drug-likeness (QED) is 0.881. The molecule has 0 saturated heterocycles. The number of carbonyl (C=O) groups is 1. The van der Waals surface area contributed by atoms with Crippen LogP contribution in [0.5, 0.6) is 0 Å². The van der Waals surface area contributed by atoms with Crippen molar-refractivity contribution >= 4 is 11.6 Å². The standard InChI is InChI=1S/C18H24N2O2/c1-13(2)15-7-9-16(10-8-15)19-18(21)14(3)20(4)12-17-6-5-11-22-17/h5-11,13-14H,12H2,1-4H3,(H,19,21)/t14-/m1/s1. The summed E-state index contributed by atoms with van der Waals surface area (Å²) in [6.07, 6.45) is 1.64. The SMILES string of the molecule is CC(C)c1ccc(NC(=O)[C@@H](C)N(C)Cc2ccco2)cc1. The molecule has 1 aromatic carbocycles. The summed E-state index contributed by atoms with van der Waals surface area (Å²) in [4.78, 5) is 14.3. The Balaban J connectivity index is 1.92. The van der Waals surface area contributed by atoms with Crippen LogP contribution in [-0.2, 0) is 11.3 Å². The molecule has 1 atom stereocenters. The Labute approximate surface area is 132 Å². The molecule has 118 valence electrons. The number of nitrogens with one attached hydrogen (secondary N) is 1. The van der Waals surface area contributed by atoms with E-state index in [-0.39, 0.29) is 11.9 Å². The van der Waals surface area contributed by atoms with E-state index in [1.165, 1.54) is 5.56 Å². The van der Waals surface area contributed by atoms with Crippen molar-refractivity contribution in [2.75, 3.05) is 12.4 Å². The number of anilines is 1. The van der Waals surface area contributed by atoms with Crippen molar-refractivity contribution in [1.82, 2.24) is 4.90 Å². The number of furan rings is 1. The molecule has 1 N–H and O–H groups in total. The average molecular weight is 300 g/mol. The minimum atomic E-state index is -0.241. The molecule has 1 aromatic heterocycles. The van der Waals surface area contributed by atoms with Gasteiger partial charge in [0, 0.05) is 5.69 Å². The first-order chi connectivity index (χ1) is 10.5. The molecule has 0 aliphatic carbocycles. The Hall–Kier alpha value is -2.07. The maximum atomic E-state index is 12.3. The molecular formula is C18H24N2O2. The van der Waals surface area contributed by atoms with Crippen molar-refractivity contribution in [3.05, 3.63) is 54.0 Å². The molecular weight excluding hydrogens is 276 g/mol. The second-order valence-corrected chi connectivity index (χ2v) is 5.94. The van der Waals surface area contributed by atoms with Gasteiger partial charge in [0.2, 0.25) is 5.91 Å². The molecule has 0 aliphatic rings. The summed E-state index contributed by atoms with van der Waals surface area (Å²) in [6, 6.07) is 11.5. The van der Waals surface area contributed by atoms with Crippen molar-refractivity contribution in [1.29, 1.82) is 0 Å². The summed E-state index contributed by atoms with van der Waals surface area (Å²) < 4.78 is 5.31.